The molecule has 0 aliphatic rings. The van der Waals surface area contributed by atoms with Crippen LogP contribution in [0.5, 0.6) is 0 Å². The minimum absolute atomic E-state index is 0.0860. The third kappa shape index (κ3) is 3.22. The van der Waals surface area contributed by atoms with Crippen LogP contribution in [-0.4, -0.2) is 16.7 Å². The minimum atomic E-state index is 0.0860. The van der Waals surface area contributed by atoms with Crippen LogP contribution in [0.3, 0.4) is 0 Å². The Morgan fingerprint density at radius 1 is 0.852 bits per heavy atom. The molecule has 1 atom stereocenters. The molecule has 1 heterocycles. The zero-order valence-electron chi connectivity index (χ0n) is 16.1. The van der Waals surface area contributed by atoms with Gasteiger partial charge in [0, 0.05) is 29.7 Å². The standard InChI is InChI=1S/C25H25NO/c1-16(2)19-10-11-20-14-26-24(13-21(20)12-19)23-9-5-7-18-6-4-8-22(25(18)23)17(3)15-27/h4-14,16-17,27H,15H2,1-3H3. The van der Waals surface area contributed by atoms with Gasteiger partial charge in [-0.3, -0.25) is 4.98 Å². The van der Waals surface area contributed by atoms with Gasteiger partial charge in [-0.25, -0.2) is 0 Å². The summed E-state index contributed by atoms with van der Waals surface area (Å²) >= 11 is 0. The lowest BCUT2D eigenvalue weighted by atomic mass is 9.90. The van der Waals surface area contributed by atoms with Gasteiger partial charge in [-0.1, -0.05) is 75.4 Å². The van der Waals surface area contributed by atoms with Gasteiger partial charge in [0.05, 0.1) is 5.69 Å². The van der Waals surface area contributed by atoms with E-state index in [4.69, 9.17) is 4.98 Å². The summed E-state index contributed by atoms with van der Waals surface area (Å²) < 4.78 is 0. The van der Waals surface area contributed by atoms with Crippen LogP contribution in [0.2, 0.25) is 0 Å². The Hall–Kier alpha value is -2.71. The van der Waals surface area contributed by atoms with E-state index in [-0.39, 0.29) is 12.5 Å². The lowest BCUT2D eigenvalue weighted by Crippen LogP contribution is -2.01. The zero-order valence-corrected chi connectivity index (χ0v) is 16.1. The summed E-state index contributed by atoms with van der Waals surface area (Å²) in [5.74, 6) is 0.587. The fourth-order valence-electron chi connectivity index (χ4n) is 3.76. The topological polar surface area (TPSA) is 33.1 Å². The van der Waals surface area contributed by atoms with E-state index in [0.717, 1.165) is 16.6 Å². The molecule has 4 aromatic rings. The first-order valence-electron chi connectivity index (χ1n) is 9.61. The fourth-order valence-corrected chi connectivity index (χ4v) is 3.76. The van der Waals surface area contributed by atoms with E-state index in [1.807, 2.05) is 6.20 Å². The van der Waals surface area contributed by atoms with Crippen molar-refractivity contribution in [3.05, 3.63) is 78.0 Å². The molecular formula is C25H25NO. The lowest BCUT2D eigenvalue weighted by molar-refractivity contribution is 0.273. The normalized spacial score (nSPS) is 12.8. The highest BCUT2D eigenvalue weighted by atomic mass is 16.3. The Morgan fingerprint density at radius 3 is 2.37 bits per heavy atom. The van der Waals surface area contributed by atoms with Crippen molar-refractivity contribution in [1.29, 1.82) is 0 Å². The number of hydrogen-bond donors (Lipinski definition) is 1. The molecule has 1 unspecified atom stereocenters. The van der Waals surface area contributed by atoms with E-state index >= 15 is 0 Å². The summed E-state index contributed by atoms with van der Waals surface area (Å²) in [6, 6.07) is 21.5. The highest BCUT2D eigenvalue weighted by molar-refractivity contribution is 6.00. The molecule has 0 radical (unpaired) electrons. The molecule has 1 aromatic heterocycles. The smallest absolute Gasteiger partial charge is 0.0714 e. The molecule has 0 amide bonds. The van der Waals surface area contributed by atoms with Crippen LogP contribution in [0.25, 0.3) is 32.8 Å². The van der Waals surface area contributed by atoms with Gasteiger partial charge < -0.3 is 5.11 Å². The fraction of sp³-hybridized carbons (Fsp3) is 0.240. The van der Waals surface area contributed by atoms with E-state index in [0.29, 0.717) is 5.92 Å². The van der Waals surface area contributed by atoms with Crippen LogP contribution in [0, 0.1) is 0 Å². The van der Waals surface area contributed by atoms with Crippen molar-refractivity contribution in [2.24, 2.45) is 0 Å². The number of fused-ring (bicyclic) bond motifs is 2. The maximum atomic E-state index is 9.72. The number of hydrogen-bond acceptors (Lipinski definition) is 2. The van der Waals surface area contributed by atoms with Gasteiger partial charge in [0.1, 0.15) is 0 Å². The number of rotatable bonds is 4. The molecule has 0 saturated carbocycles. The molecule has 4 rings (SSSR count). The molecule has 3 aromatic carbocycles. The van der Waals surface area contributed by atoms with E-state index in [1.54, 1.807) is 0 Å². The highest BCUT2D eigenvalue weighted by Crippen LogP contribution is 2.35. The second-order valence-electron chi connectivity index (χ2n) is 7.67. The average molecular weight is 355 g/mol. The van der Waals surface area contributed by atoms with Crippen LogP contribution in [0.1, 0.15) is 43.7 Å². The maximum Gasteiger partial charge on any atom is 0.0714 e. The van der Waals surface area contributed by atoms with Crippen molar-refractivity contribution in [2.75, 3.05) is 6.61 Å². The summed E-state index contributed by atoms with van der Waals surface area (Å²) in [7, 11) is 0. The van der Waals surface area contributed by atoms with Gasteiger partial charge >= 0.3 is 0 Å². The van der Waals surface area contributed by atoms with Crippen molar-refractivity contribution >= 4 is 21.5 Å². The summed E-state index contributed by atoms with van der Waals surface area (Å²) in [6.07, 6.45) is 1.96. The first kappa shape index (κ1) is 17.7. The van der Waals surface area contributed by atoms with Crippen LogP contribution >= 0.6 is 0 Å². The first-order chi connectivity index (χ1) is 13.1. The van der Waals surface area contributed by atoms with Crippen molar-refractivity contribution in [1.82, 2.24) is 4.98 Å². The predicted octanol–water partition coefficient (Wildman–Crippen LogP) is 6.27. The number of pyridine rings is 1. The molecule has 0 aliphatic carbocycles. The number of aliphatic hydroxyl groups excluding tert-OH is 1. The first-order valence-corrected chi connectivity index (χ1v) is 9.61. The minimum Gasteiger partial charge on any atom is -0.396 e. The van der Waals surface area contributed by atoms with Crippen LogP contribution in [-0.2, 0) is 0 Å². The van der Waals surface area contributed by atoms with Crippen molar-refractivity contribution in [2.45, 2.75) is 32.6 Å². The Labute approximate surface area is 160 Å². The molecule has 27 heavy (non-hydrogen) atoms. The van der Waals surface area contributed by atoms with Crippen molar-refractivity contribution in [3.63, 3.8) is 0 Å². The van der Waals surface area contributed by atoms with Gasteiger partial charge in [0.2, 0.25) is 0 Å². The van der Waals surface area contributed by atoms with Gasteiger partial charge in [0.25, 0.3) is 0 Å². The molecule has 2 nitrogen and oxygen atoms in total. The summed E-state index contributed by atoms with van der Waals surface area (Å²) in [5, 5.41) is 14.5. The number of aromatic nitrogens is 1. The monoisotopic (exact) mass is 355 g/mol. The molecule has 136 valence electrons. The lowest BCUT2D eigenvalue weighted by Gasteiger charge is -2.16. The number of benzene rings is 3. The second kappa shape index (κ2) is 7.13. The largest absolute Gasteiger partial charge is 0.396 e. The van der Waals surface area contributed by atoms with Gasteiger partial charge in [-0.05, 0) is 39.3 Å². The predicted molar refractivity (Wildman–Crippen MR) is 114 cm³/mol. The molecule has 0 fully saturated rings. The molecule has 0 spiro atoms. The Bertz CT molecular complexity index is 1110. The van der Waals surface area contributed by atoms with Crippen LogP contribution in [0.4, 0.5) is 0 Å². The summed E-state index contributed by atoms with van der Waals surface area (Å²) in [5.41, 5.74) is 4.61. The third-order valence-corrected chi connectivity index (χ3v) is 5.43. The highest BCUT2D eigenvalue weighted by Gasteiger charge is 2.14. The molecule has 0 saturated heterocycles. The molecule has 0 bridgehead atoms. The van der Waals surface area contributed by atoms with Crippen LogP contribution in [0.15, 0.2) is 66.9 Å². The van der Waals surface area contributed by atoms with Crippen molar-refractivity contribution < 1.29 is 5.11 Å². The molecular weight excluding hydrogens is 330 g/mol. The Kier molecular flexibility index (Phi) is 4.67. The van der Waals surface area contributed by atoms with E-state index < -0.39 is 0 Å². The second-order valence-corrected chi connectivity index (χ2v) is 7.67. The number of nitrogens with zero attached hydrogens (tertiary/aromatic N) is 1. The molecule has 1 N–H and O–H groups in total. The van der Waals surface area contributed by atoms with Crippen molar-refractivity contribution in [3.8, 4) is 11.3 Å². The van der Waals surface area contributed by atoms with Crippen LogP contribution < -0.4 is 0 Å². The molecule has 2 heteroatoms. The third-order valence-electron chi connectivity index (χ3n) is 5.43. The van der Waals surface area contributed by atoms with E-state index in [9.17, 15) is 5.11 Å². The Balaban J connectivity index is 1.96. The van der Waals surface area contributed by atoms with Gasteiger partial charge in [-0.2, -0.15) is 0 Å². The summed E-state index contributed by atoms with van der Waals surface area (Å²) in [4.78, 5) is 4.77. The SMILES string of the molecule is CC(C)c1ccc2cnc(-c3cccc4cccc(C(C)CO)c34)cc2c1. The Morgan fingerprint density at radius 2 is 1.63 bits per heavy atom. The summed E-state index contributed by atoms with van der Waals surface area (Å²) in [6.45, 7) is 6.64. The van der Waals surface area contributed by atoms with Gasteiger partial charge in [-0.15, -0.1) is 0 Å². The maximum absolute atomic E-state index is 9.72. The van der Waals surface area contributed by atoms with E-state index in [2.05, 4.69) is 81.4 Å². The van der Waals surface area contributed by atoms with Gasteiger partial charge in [0.15, 0.2) is 0 Å². The van der Waals surface area contributed by atoms with E-state index in [1.165, 1.54) is 27.3 Å². The average Bonchev–Trinajstić information content (AvgIpc) is 2.71. The molecule has 0 aliphatic heterocycles. The number of aliphatic hydroxyl groups is 1. The zero-order chi connectivity index (χ0) is 19.0. The quantitative estimate of drug-likeness (QED) is 0.468.